The van der Waals surface area contributed by atoms with Crippen molar-refractivity contribution in [3.8, 4) is 0 Å². The number of carbonyl (C=O) groups excluding carboxylic acids is 1. The number of ether oxygens (including phenoxy) is 1. The molecule has 124 valence electrons. The Bertz CT molecular complexity index is 863. The van der Waals surface area contributed by atoms with Gasteiger partial charge in [-0.05, 0) is 29.0 Å². The number of carbonyl (C=O) groups is 1. The Kier molecular flexibility index (Phi) is 4.07. The van der Waals surface area contributed by atoms with Crippen LogP contribution in [0.1, 0.15) is 11.1 Å². The van der Waals surface area contributed by atoms with Crippen LogP contribution in [-0.4, -0.2) is 21.3 Å². The first kappa shape index (κ1) is 15.8. The van der Waals surface area contributed by atoms with Crippen LogP contribution in [0.2, 0.25) is 0 Å². The summed E-state index contributed by atoms with van der Waals surface area (Å²) < 4.78 is 43.1. The van der Waals surface area contributed by atoms with Crippen LogP contribution in [0.3, 0.4) is 0 Å². The highest BCUT2D eigenvalue weighted by Gasteiger charge is 2.31. The number of alkyl halides is 3. The second-order valence-electron chi connectivity index (χ2n) is 4.78. The molecule has 2 aromatic carbocycles. The van der Waals surface area contributed by atoms with Gasteiger partial charge in [-0.25, -0.2) is 4.79 Å². The van der Waals surface area contributed by atoms with E-state index in [4.69, 9.17) is 9.57 Å². The molecule has 0 radical (unpaired) electrons. The first-order valence-corrected chi connectivity index (χ1v) is 6.75. The third kappa shape index (κ3) is 3.45. The number of halogens is 3. The molecular weight excluding hydrogens is 327 g/mol. The molecule has 0 N–H and O–H groups in total. The molecule has 3 aromatic rings. The van der Waals surface area contributed by atoms with Crippen LogP contribution in [0.25, 0.3) is 11.0 Å². The Labute approximate surface area is 133 Å². The van der Waals surface area contributed by atoms with Crippen LogP contribution in [0.15, 0.2) is 48.5 Å². The van der Waals surface area contributed by atoms with Gasteiger partial charge in [-0.3, -0.25) is 4.84 Å². The molecular formula is C15H10F3N3O3. The van der Waals surface area contributed by atoms with Crippen molar-refractivity contribution in [2.45, 2.75) is 12.8 Å². The second kappa shape index (κ2) is 6.19. The minimum atomic E-state index is -4.53. The first-order valence-electron chi connectivity index (χ1n) is 6.75. The normalized spacial score (nSPS) is 11.5. The van der Waals surface area contributed by atoms with Gasteiger partial charge in [0.15, 0.2) is 0 Å². The third-order valence-corrected chi connectivity index (χ3v) is 3.10. The van der Waals surface area contributed by atoms with Crippen molar-refractivity contribution in [1.29, 1.82) is 0 Å². The van der Waals surface area contributed by atoms with Gasteiger partial charge in [0.25, 0.3) is 0 Å². The lowest BCUT2D eigenvalue weighted by Crippen LogP contribution is -2.22. The van der Waals surface area contributed by atoms with Crippen LogP contribution < -0.4 is 4.84 Å². The molecule has 0 saturated carbocycles. The van der Waals surface area contributed by atoms with E-state index >= 15 is 0 Å². The minimum Gasteiger partial charge on any atom is -0.428 e. The molecule has 0 fully saturated rings. The van der Waals surface area contributed by atoms with Gasteiger partial charge in [0.1, 0.15) is 17.6 Å². The first-order chi connectivity index (χ1) is 11.4. The fourth-order valence-corrected chi connectivity index (χ4v) is 1.96. The van der Waals surface area contributed by atoms with E-state index in [0.717, 1.165) is 23.8 Å². The lowest BCUT2D eigenvalue weighted by atomic mass is 10.2. The number of hydrogen-bond acceptors (Lipinski definition) is 5. The summed E-state index contributed by atoms with van der Waals surface area (Å²) in [6.07, 6.45) is -5.64. The summed E-state index contributed by atoms with van der Waals surface area (Å²) in [6, 6.07) is 11.6. The van der Waals surface area contributed by atoms with E-state index in [9.17, 15) is 18.0 Å². The molecule has 0 bridgehead atoms. The summed E-state index contributed by atoms with van der Waals surface area (Å²) in [5.74, 6) is 0. The van der Waals surface area contributed by atoms with Crippen LogP contribution in [0, 0.1) is 0 Å². The molecule has 0 unspecified atom stereocenters. The molecule has 0 aliphatic heterocycles. The van der Waals surface area contributed by atoms with E-state index < -0.39 is 17.9 Å². The van der Waals surface area contributed by atoms with Gasteiger partial charge in [-0.1, -0.05) is 35.2 Å². The smallest absolute Gasteiger partial charge is 0.428 e. The van der Waals surface area contributed by atoms with Crippen molar-refractivity contribution >= 4 is 17.2 Å². The number of hydrogen-bond donors (Lipinski definition) is 0. The van der Waals surface area contributed by atoms with Gasteiger partial charge in [-0.15, -0.1) is 5.10 Å². The average Bonchev–Trinajstić information content (AvgIpc) is 2.95. The van der Waals surface area contributed by atoms with Gasteiger partial charge in [0, 0.05) is 0 Å². The summed E-state index contributed by atoms with van der Waals surface area (Å²) in [5, 5.41) is 7.12. The zero-order chi connectivity index (χ0) is 17.2. The minimum absolute atomic E-state index is 0.0416. The number of aromatic nitrogens is 3. The lowest BCUT2D eigenvalue weighted by molar-refractivity contribution is -0.137. The maximum absolute atomic E-state index is 12.7. The molecule has 0 spiro atoms. The summed E-state index contributed by atoms with van der Waals surface area (Å²) in [5.41, 5.74) is -0.114. The van der Waals surface area contributed by atoms with E-state index in [-0.39, 0.29) is 17.6 Å². The molecule has 6 nitrogen and oxygen atoms in total. The number of rotatable bonds is 3. The Balaban J connectivity index is 1.73. The quantitative estimate of drug-likeness (QED) is 0.542. The molecule has 3 rings (SSSR count). The molecule has 24 heavy (non-hydrogen) atoms. The summed E-state index contributed by atoms with van der Waals surface area (Å²) in [6.45, 7) is -0.0416. The zero-order valence-corrected chi connectivity index (χ0v) is 12.0. The van der Waals surface area contributed by atoms with Crippen LogP contribution in [-0.2, 0) is 17.5 Å². The second-order valence-corrected chi connectivity index (χ2v) is 4.78. The van der Waals surface area contributed by atoms with Gasteiger partial charge >= 0.3 is 12.3 Å². The highest BCUT2D eigenvalue weighted by Crippen LogP contribution is 2.30. The standard InChI is InChI=1S/C15H10F3N3O3/c16-15(17,18)11-6-7-12-13(8-11)21(20-19-12)24-14(22)23-9-10-4-2-1-3-5-10/h1-8H,9H2. The Hall–Kier alpha value is -3.10. The van der Waals surface area contributed by atoms with Crippen molar-refractivity contribution in [2.24, 2.45) is 0 Å². The van der Waals surface area contributed by atoms with Gasteiger partial charge < -0.3 is 4.74 Å². The third-order valence-electron chi connectivity index (χ3n) is 3.10. The van der Waals surface area contributed by atoms with Crippen molar-refractivity contribution in [1.82, 2.24) is 15.2 Å². The summed E-state index contributed by atoms with van der Waals surface area (Å²) >= 11 is 0. The monoisotopic (exact) mass is 337 g/mol. The Morgan fingerprint density at radius 1 is 1.12 bits per heavy atom. The number of benzene rings is 2. The van der Waals surface area contributed by atoms with E-state index in [0.29, 0.717) is 4.85 Å². The van der Waals surface area contributed by atoms with Gasteiger partial charge in [-0.2, -0.15) is 13.2 Å². The average molecular weight is 337 g/mol. The van der Waals surface area contributed by atoms with Crippen molar-refractivity contribution in [2.75, 3.05) is 0 Å². The fraction of sp³-hybridized carbons (Fsp3) is 0.133. The summed E-state index contributed by atoms with van der Waals surface area (Å²) in [7, 11) is 0. The van der Waals surface area contributed by atoms with Crippen molar-refractivity contribution < 1.29 is 27.5 Å². The van der Waals surface area contributed by atoms with Crippen LogP contribution in [0.5, 0.6) is 0 Å². The molecule has 9 heteroatoms. The van der Waals surface area contributed by atoms with Crippen molar-refractivity contribution in [3.05, 3.63) is 59.7 Å². The van der Waals surface area contributed by atoms with Gasteiger partial charge in [0.05, 0.1) is 5.56 Å². The summed E-state index contributed by atoms with van der Waals surface area (Å²) in [4.78, 5) is 17.0. The van der Waals surface area contributed by atoms with E-state index in [1.54, 1.807) is 24.3 Å². The SMILES string of the molecule is O=C(OCc1ccccc1)On1nnc2ccc(C(F)(F)F)cc21. The topological polar surface area (TPSA) is 66.2 Å². The molecule has 0 aliphatic carbocycles. The Morgan fingerprint density at radius 2 is 1.88 bits per heavy atom. The lowest BCUT2D eigenvalue weighted by Gasteiger charge is -2.07. The maximum Gasteiger partial charge on any atom is 0.535 e. The van der Waals surface area contributed by atoms with E-state index in [1.807, 2.05) is 6.07 Å². The van der Waals surface area contributed by atoms with Crippen LogP contribution >= 0.6 is 0 Å². The predicted octanol–water partition coefficient (Wildman–Crippen LogP) is 3.22. The Morgan fingerprint density at radius 3 is 2.58 bits per heavy atom. The van der Waals surface area contributed by atoms with Gasteiger partial charge in [0.2, 0.25) is 0 Å². The molecule has 0 saturated heterocycles. The molecule has 0 aliphatic rings. The predicted molar refractivity (Wildman–Crippen MR) is 75.7 cm³/mol. The van der Waals surface area contributed by atoms with Crippen molar-refractivity contribution in [3.63, 3.8) is 0 Å². The molecule has 0 amide bonds. The highest BCUT2D eigenvalue weighted by molar-refractivity contribution is 5.75. The maximum atomic E-state index is 12.7. The highest BCUT2D eigenvalue weighted by atomic mass is 19.4. The van der Waals surface area contributed by atoms with E-state index in [2.05, 4.69) is 10.3 Å². The molecule has 1 heterocycles. The van der Waals surface area contributed by atoms with E-state index in [1.165, 1.54) is 0 Å². The zero-order valence-electron chi connectivity index (χ0n) is 12.0. The van der Waals surface area contributed by atoms with Crippen LogP contribution in [0.4, 0.5) is 18.0 Å². The fourth-order valence-electron chi connectivity index (χ4n) is 1.96. The molecule has 1 aromatic heterocycles. The largest absolute Gasteiger partial charge is 0.535 e. The number of fused-ring (bicyclic) bond motifs is 1. The number of nitrogens with zero attached hydrogens (tertiary/aromatic N) is 3. The molecule has 0 atom stereocenters.